The van der Waals surface area contributed by atoms with Crippen LogP contribution in [0.1, 0.15) is 16.7 Å². The Morgan fingerprint density at radius 2 is 1.73 bits per heavy atom. The number of nitrogens with one attached hydrogen (secondary N) is 2. The molecule has 1 heterocycles. The van der Waals surface area contributed by atoms with Crippen molar-refractivity contribution in [3.8, 4) is 0 Å². The summed E-state index contributed by atoms with van der Waals surface area (Å²) in [5, 5.41) is 10.7. The molecule has 6 heteroatoms. The van der Waals surface area contributed by atoms with Gasteiger partial charge >= 0.3 is 0 Å². The first-order chi connectivity index (χ1) is 12.7. The Morgan fingerprint density at radius 1 is 1.00 bits per heavy atom. The Balaban J connectivity index is 1.50. The van der Waals surface area contributed by atoms with Crippen LogP contribution < -0.4 is 10.6 Å². The molecule has 1 aromatic heterocycles. The highest BCUT2D eigenvalue weighted by atomic mass is 19.1. The molecule has 0 fully saturated rings. The Bertz CT molecular complexity index is 857. The van der Waals surface area contributed by atoms with E-state index < -0.39 is 0 Å². The normalized spacial score (nSPS) is 11.4. The predicted octanol–water partition coefficient (Wildman–Crippen LogP) is 2.94. The summed E-state index contributed by atoms with van der Waals surface area (Å²) >= 11 is 0. The van der Waals surface area contributed by atoms with E-state index in [2.05, 4.69) is 32.9 Å². The van der Waals surface area contributed by atoms with Crippen molar-refractivity contribution in [1.29, 1.82) is 0 Å². The summed E-state index contributed by atoms with van der Waals surface area (Å²) in [5.74, 6) is 0.390. The highest BCUT2D eigenvalue weighted by molar-refractivity contribution is 5.79. The smallest absolute Gasteiger partial charge is 0.191 e. The molecule has 0 aliphatic carbocycles. The van der Waals surface area contributed by atoms with E-state index in [9.17, 15) is 4.39 Å². The van der Waals surface area contributed by atoms with Crippen LogP contribution in [0.15, 0.2) is 72.0 Å². The zero-order valence-corrected chi connectivity index (χ0v) is 14.7. The molecule has 0 saturated carbocycles. The van der Waals surface area contributed by atoms with Gasteiger partial charge in [-0.3, -0.25) is 9.67 Å². The summed E-state index contributed by atoms with van der Waals surface area (Å²) in [6.07, 6.45) is 3.84. The molecule has 0 saturated heterocycles. The third-order valence-electron chi connectivity index (χ3n) is 3.96. The number of hydrogen-bond donors (Lipinski definition) is 2. The highest BCUT2D eigenvalue weighted by Crippen LogP contribution is 2.06. The zero-order chi connectivity index (χ0) is 18.2. The molecular weight excluding hydrogens is 329 g/mol. The first-order valence-corrected chi connectivity index (χ1v) is 8.48. The van der Waals surface area contributed by atoms with Gasteiger partial charge in [-0.15, -0.1) is 0 Å². The van der Waals surface area contributed by atoms with E-state index in [1.165, 1.54) is 11.6 Å². The highest BCUT2D eigenvalue weighted by Gasteiger charge is 2.04. The Labute approximate surface area is 152 Å². The molecule has 0 bridgehead atoms. The quantitative estimate of drug-likeness (QED) is 0.530. The second-order valence-corrected chi connectivity index (χ2v) is 5.90. The van der Waals surface area contributed by atoms with Crippen LogP contribution in [0.25, 0.3) is 0 Å². The number of hydrogen-bond acceptors (Lipinski definition) is 2. The average molecular weight is 351 g/mol. The number of halogens is 1. The van der Waals surface area contributed by atoms with Gasteiger partial charge in [0.25, 0.3) is 0 Å². The van der Waals surface area contributed by atoms with Crippen molar-refractivity contribution >= 4 is 5.96 Å². The van der Waals surface area contributed by atoms with Crippen molar-refractivity contribution in [2.45, 2.75) is 19.6 Å². The second-order valence-electron chi connectivity index (χ2n) is 5.90. The van der Waals surface area contributed by atoms with Crippen molar-refractivity contribution in [2.75, 3.05) is 7.05 Å². The third kappa shape index (κ3) is 4.92. The number of benzene rings is 2. The number of nitrogens with zero attached hydrogens (tertiary/aromatic N) is 3. The molecule has 134 valence electrons. The fourth-order valence-electron chi connectivity index (χ4n) is 2.58. The fourth-order valence-corrected chi connectivity index (χ4v) is 2.58. The molecule has 0 atom stereocenters. The van der Waals surface area contributed by atoms with Gasteiger partial charge in [-0.1, -0.05) is 48.5 Å². The number of aromatic nitrogens is 2. The van der Waals surface area contributed by atoms with Gasteiger partial charge in [-0.25, -0.2) is 4.39 Å². The first-order valence-electron chi connectivity index (χ1n) is 8.48. The Kier molecular flexibility index (Phi) is 5.98. The Hall–Kier alpha value is -3.15. The van der Waals surface area contributed by atoms with Crippen LogP contribution in [0.4, 0.5) is 4.39 Å². The van der Waals surface area contributed by atoms with Crippen LogP contribution in [-0.4, -0.2) is 22.8 Å². The van der Waals surface area contributed by atoms with E-state index in [0.29, 0.717) is 24.6 Å². The van der Waals surface area contributed by atoms with Crippen molar-refractivity contribution in [1.82, 2.24) is 20.4 Å². The Morgan fingerprint density at radius 3 is 2.50 bits per heavy atom. The lowest BCUT2D eigenvalue weighted by Gasteiger charge is -2.11. The molecule has 26 heavy (non-hydrogen) atoms. The van der Waals surface area contributed by atoms with Crippen molar-refractivity contribution < 1.29 is 4.39 Å². The third-order valence-corrected chi connectivity index (χ3v) is 3.96. The zero-order valence-electron chi connectivity index (χ0n) is 14.7. The fraction of sp³-hybridized carbons (Fsp3) is 0.200. The largest absolute Gasteiger partial charge is 0.352 e. The monoisotopic (exact) mass is 351 g/mol. The number of guanidine groups is 1. The summed E-state index contributed by atoms with van der Waals surface area (Å²) in [4.78, 5) is 4.17. The molecule has 0 aliphatic rings. The molecular formula is C20H22FN5. The van der Waals surface area contributed by atoms with Crippen molar-refractivity contribution in [3.63, 3.8) is 0 Å². The van der Waals surface area contributed by atoms with Gasteiger partial charge in [0.05, 0.1) is 12.7 Å². The van der Waals surface area contributed by atoms with Crippen LogP contribution in [0.2, 0.25) is 0 Å². The van der Waals surface area contributed by atoms with E-state index >= 15 is 0 Å². The summed E-state index contributed by atoms with van der Waals surface area (Å²) in [6, 6.07) is 16.9. The molecule has 2 N–H and O–H groups in total. The molecule has 0 aliphatic heterocycles. The van der Waals surface area contributed by atoms with Gasteiger partial charge in [-0.05, 0) is 11.6 Å². The van der Waals surface area contributed by atoms with Gasteiger partial charge in [0, 0.05) is 37.5 Å². The average Bonchev–Trinajstić information content (AvgIpc) is 3.11. The van der Waals surface area contributed by atoms with Crippen molar-refractivity contribution in [2.24, 2.45) is 4.99 Å². The van der Waals surface area contributed by atoms with Crippen LogP contribution in [0.5, 0.6) is 0 Å². The van der Waals surface area contributed by atoms with E-state index in [1.54, 1.807) is 19.2 Å². The van der Waals surface area contributed by atoms with E-state index in [-0.39, 0.29) is 5.82 Å². The summed E-state index contributed by atoms with van der Waals surface area (Å²) in [6.45, 7) is 1.70. The summed E-state index contributed by atoms with van der Waals surface area (Å²) in [7, 11) is 1.69. The van der Waals surface area contributed by atoms with Crippen LogP contribution in [0, 0.1) is 5.82 Å². The molecule has 3 rings (SSSR count). The van der Waals surface area contributed by atoms with Gasteiger partial charge in [0.15, 0.2) is 5.96 Å². The predicted molar refractivity (Wildman–Crippen MR) is 101 cm³/mol. The lowest BCUT2D eigenvalue weighted by Crippen LogP contribution is -2.36. The van der Waals surface area contributed by atoms with Gasteiger partial charge < -0.3 is 10.6 Å². The topological polar surface area (TPSA) is 54.2 Å². The maximum atomic E-state index is 13.7. The maximum absolute atomic E-state index is 13.7. The van der Waals surface area contributed by atoms with E-state index in [1.807, 2.05) is 41.3 Å². The molecule has 5 nitrogen and oxygen atoms in total. The van der Waals surface area contributed by atoms with E-state index in [0.717, 1.165) is 12.1 Å². The van der Waals surface area contributed by atoms with Crippen LogP contribution in [0.3, 0.4) is 0 Å². The van der Waals surface area contributed by atoms with Gasteiger partial charge in [-0.2, -0.15) is 5.10 Å². The minimum atomic E-state index is -0.224. The molecule has 2 aromatic carbocycles. The molecule has 0 unspecified atom stereocenters. The van der Waals surface area contributed by atoms with Gasteiger partial charge in [0.2, 0.25) is 0 Å². The van der Waals surface area contributed by atoms with Crippen LogP contribution >= 0.6 is 0 Å². The summed E-state index contributed by atoms with van der Waals surface area (Å²) in [5.41, 5.74) is 2.86. The molecule has 0 spiro atoms. The minimum absolute atomic E-state index is 0.224. The number of aliphatic imine (C=N–C) groups is 1. The molecule has 3 aromatic rings. The molecule has 0 radical (unpaired) electrons. The lowest BCUT2D eigenvalue weighted by molar-refractivity contribution is 0.604. The van der Waals surface area contributed by atoms with Gasteiger partial charge in [0.1, 0.15) is 5.82 Å². The second kappa shape index (κ2) is 8.80. The number of rotatable bonds is 6. The standard InChI is InChI=1S/C20H22FN5/c1-22-20(24-13-18-9-5-6-10-19(18)21)23-11-17-12-25-26(15-17)14-16-7-3-2-4-8-16/h2-10,12,15H,11,13-14H2,1H3,(H2,22,23,24). The van der Waals surface area contributed by atoms with Crippen molar-refractivity contribution in [3.05, 3.63) is 89.5 Å². The minimum Gasteiger partial charge on any atom is -0.352 e. The summed E-state index contributed by atoms with van der Waals surface area (Å²) < 4.78 is 15.6. The van der Waals surface area contributed by atoms with Crippen LogP contribution in [-0.2, 0) is 19.6 Å². The van der Waals surface area contributed by atoms with E-state index in [4.69, 9.17) is 0 Å². The SMILES string of the molecule is CN=C(NCc1cnn(Cc2ccccc2)c1)NCc1ccccc1F. The maximum Gasteiger partial charge on any atom is 0.191 e. The molecule has 0 amide bonds. The first kappa shape index (κ1) is 17.7. The lowest BCUT2D eigenvalue weighted by atomic mass is 10.2.